The van der Waals surface area contributed by atoms with Crippen LogP contribution in [0, 0.1) is 18.3 Å². The number of benzene rings is 2. The molecule has 0 atom stereocenters. The highest BCUT2D eigenvalue weighted by Crippen LogP contribution is 2.26. The maximum Gasteiger partial charge on any atom is 0.0992 e. The third-order valence-electron chi connectivity index (χ3n) is 2.54. The maximum atomic E-state index is 8.83. The summed E-state index contributed by atoms with van der Waals surface area (Å²) < 4.78 is 0. The lowest BCUT2D eigenvalue weighted by Gasteiger charge is -2.10. The lowest BCUT2D eigenvalue weighted by molar-refractivity contribution is 1.42. The molecule has 1 N–H and O–H groups in total. The van der Waals surface area contributed by atoms with Gasteiger partial charge in [0.1, 0.15) is 0 Å². The fraction of sp³-hybridized carbons (Fsp3) is 0.0714. The van der Waals surface area contributed by atoms with E-state index < -0.39 is 0 Å². The van der Waals surface area contributed by atoms with Crippen LogP contribution in [0.2, 0.25) is 5.02 Å². The maximum absolute atomic E-state index is 8.83. The topological polar surface area (TPSA) is 35.8 Å². The van der Waals surface area contributed by atoms with Crippen molar-refractivity contribution in [3.05, 3.63) is 58.6 Å². The predicted molar refractivity (Wildman–Crippen MR) is 70.6 cm³/mol. The summed E-state index contributed by atoms with van der Waals surface area (Å²) in [6.45, 7) is 1.96. The van der Waals surface area contributed by atoms with Crippen LogP contribution in [0.1, 0.15) is 11.1 Å². The first-order chi connectivity index (χ1) is 8.20. The second-order valence-electron chi connectivity index (χ2n) is 3.73. The Morgan fingerprint density at radius 3 is 2.71 bits per heavy atom. The minimum Gasteiger partial charge on any atom is -0.355 e. The van der Waals surface area contributed by atoms with Gasteiger partial charge in [-0.15, -0.1) is 0 Å². The minimum atomic E-state index is 0.634. The molecule has 2 aromatic rings. The molecule has 0 radical (unpaired) electrons. The Morgan fingerprint density at radius 1 is 1.18 bits per heavy atom. The largest absolute Gasteiger partial charge is 0.355 e. The second-order valence-corrected chi connectivity index (χ2v) is 4.14. The summed E-state index contributed by atoms with van der Waals surface area (Å²) in [6.07, 6.45) is 0. The fourth-order valence-corrected chi connectivity index (χ4v) is 1.74. The van der Waals surface area contributed by atoms with Crippen LogP contribution >= 0.6 is 11.6 Å². The molecule has 0 aliphatic rings. The third kappa shape index (κ3) is 2.58. The van der Waals surface area contributed by atoms with Crippen molar-refractivity contribution in [3.8, 4) is 6.07 Å². The molecular weight excluding hydrogens is 232 g/mol. The molecule has 0 heterocycles. The Hall–Kier alpha value is -1.98. The second kappa shape index (κ2) is 4.90. The van der Waals surface area contributed by atoms with Crippen LogP contribution < -0.4 is 5.32 Å². The summed E-state index contributed by atoms with van der Waals surface area (Å²) in [4.78, 5) is 0. The smallest absolute Gasteiger partial charge is 0.0992 e. The van der Waals surface area contributed by atoms with Crippen molar-refractivity contribution >= 4 is 23.0 Å². The summed E-state index contributed by atoms with van der Waals surface area (Å²) in [6, 6.07) is 15.2. The van der Waals surface area contributed by atoms with Crippen LogP contribution in [-0.4, -0.2) is 0 Å². The quantitative estimate of drug-likeness (QED) is 0.854. The lowest BCUT2D eigenvalue weighted by atomic mass is 10.1. The summed E-state index contributed by atoms with van der Waals surface area (Å²) in [5.74, 6) is 0. The van der Waals surface area contributed by atoms with E-state index in [9.17, 15) is 0 Å². The zero-order chi connectivity index (χ0) is 12.3. The zero-order valence-electron chi connectivity index (χ0n) is 9.37. The lowest BCUT2D eigenvalue weighted by Crippen LogP contribution is -1.93. The van der Waals surface area contributed by atoms with Crippen LogP contribution in [0.4, 0.5) is 11.4 Å². The molecule has 17 heavy (non-hydrogen) atoms. The Balaban J connectivity index is 2.32. The van der Waals surface area contributed by atoms with Gasteiger partial charge >= 0.3 is 0 Å². The van der Waals surface area contributed by atoms with Crippen molar-refractivity contribution in [1.29, 1.82) is 5.26 Å². The van der Waals surface area contributed by atoms with Crippen molar-refractivity contribution < 1.29 is 0 Å². The molecule has 0 unspecified atom stereocenters. The van der Waals surface area contributed by atoms with Crippen LogP contribution in [0.3, 0.4) is 0 Å². The first-order valence-corrected chi connectivity index (χ1v) is 5.61. The summed E-state index contributed by atoms with van der Waals surface area (Å²) in [5, 5.41) is 12.8. The minimum absolute atomic E-state index is 0.634. The third-order valence-corrected chi connectivity index (χ3v) is 2.95. The fourth-order valence-electron chi connectivity index (χ4n) is 1.56. The first kappa shape index (κ1) is 11.5. The average molecular weight is 243 g/mol. The average Bonchev–Trinajstić information content (AvgIpc) is 2.35. The molecule has 0 aliphatic heterocycles. The van der Waals surface area contributed by atoms with Crippen LogP contribution in [0.5, 0.6) is 0 Å². The molecular formula is C14H11ClN2. The van der Waals surface area contributed by atoms with E-state index >= 15 is 0 Å². The zero-order valence-corrected chi connectivity index (χ0v) is 10.1. The number of nitrogens with one attached hydrogen (secondary N) is 1. The molecule has 2 aromatic carbocycles. The molecule has 0 saturated carbocycles. The van der Waals surface area contributed by atoms with E-state index in [0.29, 0.717) is 5.56 Å². The van der Waals surface area contributed by atoms with Crippen LogP contribution in [-0.2, 0) is 0 Å². The predicted octanol–water partition coefficient (Wildman–Crippen LogP) is 4.26. The first-order valence-electron chi connectivity index (χ1n) is 5.23. The van der Waals surface area contributed by atoms with E-state index in [4.69, 9.17) is 16.9 Å². The van der Waals surface area contributed by atoms with E-state index in [2.05, 4.69) is 11.4 Å². The Labute approximate surface area is 105 Å². The van der Waals surface area contributed by atoms with E-state index in [-0.39, 0.29) is 0 Å². The van der Waals surface area contributed by atoms with E-state index in [1.807, 2.05) is 37.3 Å². The summed E-state index contributed by atoms with van der Waals surface area (Å²) in [5.41, 5.74) is 3.47. The van der Waals surface area contributed by atoms with Crippen LogP contribution in [0.15, 0.2) is 42.5 Å². The van der Waals surface area contributed by atoms with Crippen LogP contribution in [0.25, 0.3) is 0 Å². The Bertz CT molecular complexity index is 585. The van der Waals surface area contributed by atoms with Gasteiger partial charge in [-0.25, -0.2) is 0 Å². The van der Waals surface area contributed by atoms with Crippen molar-refractivity contribution in [3.63, 3.8) is 0 Å². The SMILES string of the molecule is Cc1c(Cl)cccc1Nc1cccc(C#N)c1. The molecule has 0 spiro atoms. The van der Waals surface area contributed by atoms with Gasteiger partial charge in [0.15, 0.2) is 0 Å². The highest BCUT2D eigenvalue weighted by Gasteiger charge is 2.02. The van der Waals surface area contributed by atoms with Gasteiger partial charge in [-0.05, 0) is 42.8 Å². The number of halogens is 1. The van der Waals surface area contributed by atoms with E-state index in [1.54, 1.807) is 12.1 Å². The van der Waals surface area contributed by atoms with E-state index in [1.165, 1.54) is 0 Å². The summed E-state index contributed by atoms with van der Waals surface area (Å²) >= 11 is 6.05. The van der Waals surface area contributed by atoms with Gasteiger partial charge < -0.3 is 5.32 Å². The number of nitrogens with zero attached hydrogens (tertiary/aromatic N) is 1. The number of nitriles is 1. The molecule has 0 saturated heterocycles. The number of hydrogen-bond acceptors (Lipinski definition) is 2. The van der Waals surface area contributed by atoms with E-state index in [0.717, 1.165) is 22.0 Å². The van der Waals surface area contributed by atoms with Gasteiger partial charge in [0.05, 0.1) is 11.6 Å². The molecule has 2 nitrogen and oxygen atoms in total. The molecule has 0 bridgehead atoms. The van der Waals surface area contributed by atoms with Crippen molar-refractivity contribution in [2.24, 2.45) is 0 Å². The van der Waals surface area contributed by atoms with Crippen molar-refractivity contribution in [2.45, 2.75) is 6.92 Å². The van der Waals surface area contributed by atoms with Crippen molar-refractivity contribution in [2.75, 3.05) is 5.32 Å². The molecule has 0 aromatic heterocycles. The monoisotopic (exact) mass is 242 g/mol. The molecule has 2 rings (SSSR count). The van der Waals surface area contributed by atoms with Gasteiger partial charge in [0.25, 0.3) is 0 Å². The molecule has 0 fully saturated rings. The normalized spacial score (nSPS) is 9.71. The molecule has 0 amide bonds. The van der Waals surface area contributed by atoms with Crippen molar-refractivity contribution in [1.82, 2.24) is 0 Å². The molecule has 0 aliphatic carbocycles. The number of rotatable bonds is 2. The Morgan fingerprint density at radius 2 is 1.94 bits per heavy atom. The van der Waals surface area contributed by atoms with Gasteiger partial charge in [-0.2, -0.15) is 5.26 Å². The molecule has 3 heteroatoms. The molecule has 84 valence electrons. The van der Waals surface area contributed by atoms with Gasteiger partial charge in [-0.1, -0.05) is 23.7 Å². The number of anilines is 2. The summed E-state index contributed by atoms with van der Waals surface area (Å²) in [7, 11) is 0. The van der Waals surface area contributed by atoms with Gasteiger partial charge in [-0.3, -0.25) is 0 Å². The highest BCUT2D eigenvalue weighted by molar-refractivity contribution is 6.31. The standard InChI is InChI=1S/C14H11ClN2/c1-10-13(15)6-3-7-14(10)17-12-5-2-4-11(8-12)9-16/h2-8,17H,1H3. The van der Waals surface area contributed by atoms with Gasteiger partial charge in [0, 0.05) is 16.4 Å². The highest BCUT2D eigenvalue weighted by atomic mass is 35.5. The Kier molecular flexibility index (Phi) is 3.32. The number of hydrogen-bond donors (Lipinski definition) is 1. The van der Waals surface area contributed by atoms with Gasteiger partial charge in [0.2, 0.25) is 0 Å².